The average molecular weight is 758 g/mol. The van der Waals surface area contributed by atoms with Crippen molar-refractivity contribution in [3.8, 4) is 11.1 Å². The van der Waals surface area contributed by atoms with Crippen molar-refractivity contribution in [2.24, 2.45) is 0 Å². The number of aromatic carboxylic acids is 1. The molecule has 2 aliphatic heterocycles. The molecule has 5 rings (SSSR count). The van der Waals surface area contributed by atoms with Crippen LogP contribution in [0.4, 0.5) is 32.0 Å². The number of hydrogen-bond donors (Lipinski definition) is 2. The first-order chi connectivity index (χ1) is 23.5. The van der Waals surface area contributed by atoms with Gasteiger partial charge in [-0.2, -0.15) is 26.3 Å². The number of hydrogen-bond acceptors (Lipinski definition) is 8. The number of benzene rings is 2. The summed E-state index contributed by atoms with van der Waals surface area (Å²) in [5.41, 5.74) is -2.90. The lowest BCUT2D eigenvalue weighted by Crippen LogP contribution is -2.47. The van der Waals surface area contributed by atoms with Gasteiger partial charge >= 0.3 is 18.3 Å². The van der Waals surface area contributed by atoms with E-state index in [4.69, 9.17) is 22.1 Å². The Morgan fingerprint density at radius 3 is 2.14 bits per heavy atom. The molecule has 9 nitrogen and oxygen atoms in total. The van der Waals surface area contributed by atoms with Crippen LogP contribution in [0.2, 0.25) is 0 Å². The Morgan fingerprint density at radius 1 is 0.940 bits per heavy atom. The van der Waals surface area contributed by atoms with Gasteiger partial charge in [0, 0.05) is 36.5 Å². The lowest BCUT2D eigenvalue weighted by atomic mass is 10.0. The first kappa shape index (κ1) is 37.0. The highest BCUT2D eigenvalue weighted by molar-refractivity contribution is 8.26. The molecule has 264 valence electrons. The maximum Gasteiger partial charge on any atom is 0.416 e. The number of thiophene rings is 1. The van der Waals surface area contributed by atoms with Crippen LogP contribution in [0.1, 0.15) is 39.2 Å². The molecular formula is C32H25F6N3O6S3. The number of anilines is 1. The van der Waals surface area contributed by atoms with E-state index < -0.39 is 47.3 Å². The predicted molar refractivity (Wildman–Crippen MR) is 177 cm³/mol. The zero-order valence-electron chi connectivity index (χ0n) is 25.5. The van der Waals surface area contributed by atoms with Crippen molar-refractivity contribution in [3.05, 3.63) is 80.4 Å². The van der Waals surface area contributed by atoms with Crippen LogP contribution >= 0.6 is 35.3 Å². The second-order valence-electron chi connectivity index (χ2n) is 11.1. The first-order valence-corrected chi connectivity index (χ1v) is 16.7. The van der Waals surface area contributed by atoms with Crippen LogP contribution in [-0.4, -0.2) is 75.3 Å². The summed E-state index contributed by atoms with van der Waals surface area (Å²) >= 11 is 7.32. The fraction of sp³-hybridized carbons (Fsp3) is 0.281. The molecule has 0 spiro atoms. The van der Waals surface area contributed by atoms with Gasteiger partial charge in [0.15, 0.2) is 0 Å². The van der Waals surface area contributed by atoms with E-state index in [1.54, 1.807) is 0 Å². The molecule has 1 atom stereocenters. The van der Waals surface area contributed by atoms with Gasteiger partial charge < -0.3 is 20.1 Å². The van der Waals surface area contributed by atoms with Crippen molar-refractivity contribution in [2.75, 3.05) is 31.6 Å². The van der Waals surface area contributed by atoms with Gasteiger partial charge in [-0.25, -0.2) is 4.79 Å². The number of thiocarbonyl (C=S) groups is 1. The summed E-state index contributed by atoms with van der Waals surface area (Å²) in [6, 6.07) is 6.93. The van der Waals surface area contributed by atoms with E-state index in [-0.39, 0.29) is 56.4 Å². The molecule has 2 aliphatic rings. The SMILES string of the molecule is O=C(C[C@@H](CC(=O)N1CCOCC1)N1C(=O)C(=Cc2cc(-c3cc(C(F)(F)F)cc(C(F)(F)F)c3)cs2)SC1=S)Nc1ccc(C(=O)O)cc1. The predicted octanol–water partition coefficient (Wildman–Crippen LogP) is 7.00. The Morgan fingerprint density at radius 2 is 1.56 bits per heavy atom. The fourth-order valence-corrected chi connectivity index (χ4v) is 7.46. The van der Waals surface area contributed by atoms with Gasteiger partial charge in [0.25, 0.3) is 5.91 Å². The number of carbonyl (C=O) groups is 4. The van der Waals surface area contributed by atoms with E-state index >= 15 is 0 Å². The number of rotatable bonds is 9. The molecule has 1 aromatic heterocycles. The smallest absolute Gasteiger partial charge is 0.416 e. The van der Waals surface area contributed by atoms with Crippen molar-refractivity contribution in [3.63, 3.8) is 0 Å². The van der Waals surface area contributed by atoms with E-state index in [9.17, 15) is 45.5 Å². The minimum Gasteiger partial charge on any atom is -0.478 e. The van der Waals surface area contributed by atoms with Crippen molar-refractivity contribution in [2.45, 2.75) is 31.2 Å². The lowest BCUT2D eigenvalue weighted by Gasteiger charge is -2.31. The molecule has 0 bridgehead atoms. The zero-order valence-corrected chi connectivity index (χ0v) is 27.9. The first-order valence-electron chi connectivity index (χ1n) is 14.6. The number of carbonyl (C=O) groups excluding carboxylic acids is 3. The van der Waals surface area contributed by atoms with E-state index in [0.29, 0.717) is 43.3 Å². The fourth-order valence-electron chi connectivity index (χ4n) is 5.15. The van der Waals surface area contributed by atoms with Crippen LogP contribution in [0.5, 0.6) is 0 Å². The molecule has 2 saturated heterocycles. The third-order valence-electron chi connectivity index (χ3n) is 7.61. The largest absolute Gasteiger partial charge is 0.478 e. The van der Waals surface area contributed by atoms with Gasteiger partial charge in [-0.1, -0.05) is 24.0 Å². The summed E-state index contributed by atoms with van der Waals surface area (Å²) in [5.74, 6) is -2.74. The third-order valence-corrected chi connectivity index (χ3v) is 9.82. The minimum absolute atomic E-state index is 0.0000760. The van der Waals surface area contributed by atoms with E-state index in [1.807, 2.05) is 0 Å². The Balaban J connectivity index is 1.38. The van der Waals surface area contributed by atoms with Crippen LogP contribution in [0.15, 0.2) is 58.8 Å². The highest BCUT2D eigenvalue weighted by Gasteiger charge is 2.40. The molecule has 50 heavy (non-hydrogen) atoms. The van der Waals surface area contributed by atoms with E-state index in [1.165, 1.54) is 46.7 Å². The number of ether oxygens (including phenoxy) is 1. The average Bonchev–Trinajstić information content (AvgIpc) is 3.63. The van der Waals surface area contributed by atoms with Crippen LogP contribution in [0, 0.1) is 0 Å². The van der Waals surface area contributed by atoms with Crippen LogP contribution in [0.25, 0.3) is 17.2 Å². The summed E-state index contributed by atoms with van der Waals surface area (Å²) in [6.07, 6.45) is -9.30. The maximum absolute atomic E-state index is 13.7. The normalized spacial score (nSPS) is 17.0. The number of nitrogens with zero attached hydrogens (tertiary/aromatic N) is 2. The topological polar surface area (TPSA) is 116 Å². The number of morpholine rings is 1. The molecule has 2 N–H and O–H groups in total. The summed E-state index contributed by atoms with van der Waals surface area (Å²) in [5, 5.41) is 13.1. The lowest BCUT2D eigenvalue weighted by molar-refractivity contribution is -0.143. The Hall–Kier alpha value is -4.26. The molecule has 3 amide bonds. The summed E-state index contributed by atoms with van der Waals surface area (Å²) in [4.78, 5) is 54.3. The summed E-state index contributed by atoms with van der Waals surface area (Å²) in [6.45, 7) is 1.24. The molecule has 0 radical (unpaired) electrons. The molecule has 18 heteroatoms. The standard InChI is InChI=1S/C32H25F6N3O6S3/c33-31(34,35)20-9-18(10-21(12-20)32(36,37)38)19-11-24(49-16-19)15-25-28(44)41(30(48)50-25)23(14-27(43)40-5-7-47-8-6-40)13-26(42)39-22-3-1-17(2-4-22)29(45)46/h1-4,9-12,15-16,23H,5-8,13-14H2,(H,39,42)(H,45,46)/t23-/m0/s1. The molecule has 0 saturated carbocycles. The second-order valence-corrected chi connectivity index (χ2v) is 13.7. The molecule has 2 fully saturated rings. The van der Waals surface area contributed by atoms with Crippen LogP contribution in [0.3, 0.4) is 0 Å². The molecule has 0 aliphatic carbocycles. The van der Waals surface area contributed by atoms with E-state index in [0.717, 1.165) is 28.0 Å². The van der Waals surface area contributed by atoms with Crippen molar-refractivity contribution in [1.82, 2.24) is 9.80 Å². The number of nitrogens with one attached hydrogen (secondary N) is 1. The van der Waals surface area contributed by atoms with Crippen molar-refractivity contribution < 1.29 is 55.4 Å². The second kappa shape index (κ2) is 14.9. The van der Waals surface area contributed by atoms with Crippen molar-refractivity contribution in [1.29, 1.82) is 0 Å². The van der Waals surface area contributed by atoms with Gasteiger partial charge in [-0.05, 0) is 71.1 Å². The Kier molecular flexibility index (Phi) is 11.0. The highest BCUT2D eigenvalue weighted by Crippen LogP contribution is 2.41. The van der Waals surface area contributed by atoms with Gasteiger partial charge in [0.1, 0.15) is 4.32 Å². The van der Waals surface area contributed by atoms with Gasteiger partial charge in [-0.3, -0.25) is 19.3 Å². The molecular weight excluding hydrogens is 733 g/mol. The molecule has 0 unspecified atom stereocenters. The highest BCUT2D eigenvalue weighted by atomic mass is 32.2. The third kappa shape index (κ3) is 8.90. The number of halogens is 6. The zero-order chi connectivity index (χ0) is 36.4. The summed E-state index contributed by atoms with van der Waals surface area (Å²) in [7, 11) is 0. The monoisotopic (exact) mass is 757 g/mol. The molecule has 3 heterocycles. The quantitative estimate of drug-likeness (QED) is 0.136. The van der Waals surface area contributed by atoms with Crippen LogP contribution < -0.4 is 5.32 Å². The number of amides is 3. The maximum atomic E-state index is 13.7. The number of carboxylic acids is 1. The summed E-state index contributed by atoms with van der Waals surface area (Å²) < 4.78 is 85.8. The van der Waals surface area contributed by atoms with Crippen molar-refractivity contribution >= 4 is 75.1 Å². The minimum atomic E-state index is -5.02. The number of alkyl halides is 6. The van der Waals surface area contributed by atoms with Gasteiger partial charge in [0.2, 0.25) is 11.8 Å². The van der Waals surface area contributed by atoms with Gasteiger partial charge in [0.05, 0.1) is 40.9 Å². The van der Waals surface area contributed by atoms with E-state index in [2.05, 4.69) is 5.32 Å². The molecule has 2 aromatic carbocycles. The number of carboxylic acid groups (broad SMARTS) is 1. The Labute approximate surface area is 293 Å². The van der Waals surface area contributed by atoms with Crippen LogP contribution in [-0.2, 0) is 31.5 Å². The Bertz CT molecular complexity index is 1820. The van der Waals surface area contributed by atoms with Gasteiger partial charge in [-0.15, -0.1) is 11.3 Å². The number of thioether (sulfide) groups is 1. The molecule has 3 aromatic rings.